The quantitative estimate of drug-likeness (QED) is 0.222. The van der Waals surface area contributed by atoms with Gasteiger partial charge in [0.1, 0.15) is 11.2 Å². The summed E-state index contributed by atoms with van der Waals surface area (Å²) in [6.45, 7) is 3.88. The number of hydrogen-bond acceptors (Lipinski definition) is 8. The van der Waals surface area contributed by atoms with Crippen LogP contribution in [0, 0.1) is 81.3 Å². The van der Waals surface area contributed by atoms with Crippen molar-refractivity contribution in [2.45, 2.75) is 159 Å². The van der Waals surface area contributed by atoms with E-state index in [1.165, 1.54) is 102 Å². The molecule has 16 atom stereocenters. The van der Waals surface area contributed by atoms with E-state index in [9.17, 15) is 5.11 Å². The molecule has 12 bridgehead atoms. The number of aryl methyl sites for hydroxylation is 1. The number of hydrogen-bond donors (Lipinski definition) is 2. The van der Waals surface area contributed by atoms with Gasteiger partial charge in [-0.1, -0.05) is 79.3 Å². The predicted octanol–water partition coefficient (Wildman–Crippen LogP) is 11.0. The fraction of sp³-hybridized carbons (Fsp3) is 0.705. The zero-order valence-electron chi connectivity index (χ0n) is 41.0. The molecule has 3 N–H and O–H groups in total. The second-order valence-corrected chi connectivity index (χ2v) is 26.4. The van der Waals surface area contributed by atoms with Gasteiger partial charge in [-0.3, -0.25) is 9.69 Å². The molecule has 18 aliphatic rings. The van der Waals surface area contributed by atoms with Gasteiger partial charge in [-0.15, -0.1) is 0 Å². The highest BCUT2D eigenvalue weighted by Gasteiger charge is 2.94. The molecule has 364 valence electrons. The Labute approximate surface area is 409 Å². The third kappa shape index (κ3) is 5.07. The summed E-state index contributed by atoms with van der Waals surface area (Å²) in [5.41, 5.74) is 12.3. The zero-order valence-corrected chi connectivity index (χ0v) is 41.0. The molecule has 8 heteroatoms. The highest BCUT2D eigenvalue weighted by atomic mass is 16.6. The topological polar surface area (TPSA) is 105 Å². The van der Waals surface area contributed by atoms with Gasteiger partial charge in [0.05, 0.1) is 11.0 Å². The van der Waals surface area contributed by atoms with Crippen LogP contribution in [-0.4, -0.2) is 65.1 Å². The molecule has 1 unspecified atom stereocenters. The number of benzene rings is 1. The van der Waals surface area contributed by atoms with Crippen LogP contribution in [0.2, 0.25) is 0 Å². The van der Waals surface area contributed by atoms with Crippen molar-refractivity contribution >= 4 is 11.9 Å². The average molecular weight is 930 g/mol. The highest BCUT2D eigenvalue weighted by Crippen LogP contribution is 2.88. The molecule has 8 nitrogen and oxygen atoms in total. The lowest BCUT2D eigenvalue weighted by molar-refractivity contribution is -0.283. The number of carbonyl (C=O) groups is 2. The van der Waals surface area contributed by atoms with Crippen LogP contribution in [0.3, 0.4) is 0 Å². The summed E-state index contributed by atoms with van der Waals surface area (Å²) in [6, 6.07) is 7.17. The number of ether oxygens (including phenoxy) is 2. The van der Waals surface area contributed by atoms with Gasteiger partial charge in [-0.25, -0.2) is 4.79 Å². The van der Waals surface area contributed by atoms with Crippen LogP contribution in [-0.2, 0) is 26.3 Å². The van der Waals surface area contributed by atoms with Crippen molar-refractivity contribution in [3.05, 3.63) is 93.1 Å². The van der Waals surface area contributed by atoms with Crippen molar-refractivity contribution in [2.75, 3.05) is 26.2 Å². The van der Waals surface area contributed by atoms with E-state index >= 15 is 9.59 Å². The lowest BCUT2D eigenvalue weighted by Gasteiger charge is -2.73. The molecule has 3 saturated heterocycles. The van der Waals surface area contributed by atoms with Crippen LogP contribution < -0.4 is 5.73 Å². The van der Waals surface area contributed by atoms with Gasteiger partial charge in [-0.2, -0.15) is 0 Å². The summed E-state index contributed by atoms with van der Waals surface area (Å²) >= 11 is 0. The molecule has 0 amide bonds. The lowest BCUT2D eigenvalue weighted by Crippen LogP contribution is -2.78. The maximum absolute atomic E-state index is 16.6. The molecule has 7 fully saturated rings. The first-order chi connectivity index (χ1) is 33.8. The first-order valence-electron chi connectivity index (χ1n) is 28.8. The first kappa shape index (κ1) is 41.9. The van der Waals surface area contributed by atoms with Crippen LogP contribution in [0.15, 0.2) is 76.4 Å². The Morgan fingerprint density at radius 3 is 2.59 bits per heavy atom. The molecule has 1 aromatic carbocycles. The first-order valence-corrected chi connectivity index (χ1v) is 28.8. The number of nitrogens with zero attached hydrogens (tertiary/aromatic N) is 2. The minimum atomic E-state index is -1.14. The number of allylic oxidation sites excluding steroid dienone is 6. The minimum absolute atomic E-state index is 0.0598. The maximum Gasteiger partial charge on any atom is 0.339 e. The van der Waals surface area contributed by atoms with E-state index in [0.29, 0.717) is 84.1 Å². The normalized spacial score (nSPS) is 48.2. The van der Waals surface area contributed by atoms with Crippen molar-refractivity contribution in [3.63, 3.8) is 0 Å². The zero-order chi connectivity index (χ0) is 45.8. The number of rotatable bonds is 5. The van der Waals surface area contributed by atoms with Crippen LogP contribution in [0.5, 0.6) is 0 Å². The Morgan fingerprint density at radius 1 is 0.841 bits per heavy atom. The molecular weight excluding hydrogens is 855 g/mol. The van der Waals surface area contributed by atoms with E-state index in [1.54, 1.807) is 16.8 Å². The van der Waals surface area contributed by atoms with E-state index in [1.807, 2.05) is 0 Å². The number of piperidine rings is 2. The number of aliphatic hydroxyl groups excluding tert-OH is 1. The van der Waals surface area contributed by atoms with Crippen molar-refractivity contribution in [3.8, 4) is 0 Å². The smallest absolute Gasteiger partial charge is 0.339 e. The maximum atomic E-state index is 16.6. The molecule has 9 aliphatic heterocycles. The van der Waals surface area contributed by atoms with E-state index < -0.39 is 16.4 Å². The fourth-order valence-corrected chi connectivity index (χ4v) is 22.1. The van der Waals surface area contributed by atoms with E-state index in [0.717, 1.165) is 56.4 Å². The van der Waals surface area contributed by atoms with Crippen LogP contribution in [0.25, 0.3) is 0 Å². The van der Waals surface area contributed by atoms with Gasteiger partial charge in [-0.05, 0) is 180 Å². The number of nitrogens with two attached hydrogens (primary N) is 1. The van der Waals surface area contributed by atoms with E-state index in [4.69, 9.17) is 15.2 Å². The standard InChI is InChI=1S/C61H75N3O5/c62-25-7-12-36-10-6-14-45-51(36)56(66)69-61(45)49-28-37(35-8-1-2-9-35)15-17-43-42-13-5-11-38-27-39-16-18-46-41-26-34-31-63(33-41)47(40-19-23-58(30-40)21-3-4-22-58)29-48(65)55-59(61)24-20-44(53(43)60(49,59)57(67)68-55)52(50(38)42)54(39)64(46)32-34/h5-6,10,13-15,17,34-35,37-38,40-43,46-47,49-50,52,65H,1-4,7-9,11-12,16,18-33,62H2/b17-15-,55-48-/t34-,37+,38-,40+,41+,42-,43+,46-,47-,49-,50+,52-,59+,60+,61+/m0/s1. The molecule has 9 aliphatic carbocycles. The van der Waals surface area contributed by atoms with Crippen molar-refractivity contribution < 1.29 is 24.2 Å². The lowest BCUT2D eigenvalue weighted by atomic mass is 9.27. The third-order valence-corrected chi connectivity index (χ3v) is 24.1. The van der Waals surface area contributed by atoms with E-state index in [-0.39, 0.29) is 53.3 Å². The summed E-state index contributed by atoms with van der Waals surface area (Å²) in [6.07, 6.45) is 34.9. The minimum Gasteiger partial charge on any atom is -0.509 e. The van der Waals surface area contributed by atoms with Gasteiger partial charge in [0.25, 0.3) is 0 Å². The second kappa shape index (κ2) is 14.5. The summed E-state index contributed by atoms with van der Waals surface area (Å²) in [5.74, 6) is 4.30. The monoisotopic (exact) mass is 930 g/mol. The SMILES string of the molecule is NCCCc1cccc2c1C(=O)O[C@@]21[C@H]2C[C@H](C3CCCC3)/C=C\[C@H]3C4=C5CC[C@]16/C(=C(/O)C[C@@H]([C@@H]1CCC7(CCCC7)C1)N1C[C@@H]7C[C@H](C1)[C@@H]1CCC8=C([C@@H]5[C@@H]5[C@@H](CC=C[C@H]53)C8)N1C7)OC(=O)[C@]426. The Bertz CT molecular complexity index is 2610. The number of fused-ring (bicyclic) bond motifs is 4. The van der Waals surface area contributed by atoms with Gasteiger partial charge >= 0.3 is 11.9 Å². The Morgan fingerprint density at radius 2 is 1.72 bits per heavy atom. The fourth-order valence-electron chi connectivity index (χ4n) is 22.1. The molecule has 19 rings (SSSR count). The van der Waals surface area contributed by atoms with Crippen LogP contribution in [0.1, 0.15) is 156 Å². The van der Waals surface area contributed by atoms with E-state index in [2.05, 4.69) is 52.3 Å². The molecule has 69 heavy (non-hydrogen) atoms. The molecule has 1 aromatic rings. The van der Waals surface area contributed by atoms with Crippen molar-refractivity contribution in [1.29, 1.82) is 0 Å². The summed E-state index contributed by atoms with van der Waals surface area (Å²) in [5, 5.41) is 13.7. The Balaban J connectivity index is 0.985. The molecule has 4 spiro atoms. The molecular formula is C61H75N3O5. The van der Waals surface area contributed by atoms with Crippen LogP contribution in [0.4, 0.5) is 0 Å². The van der Waals surface area contributed by atoms with Crippen molar-refractivity contribution in [1.82, 2.24) is 9.80 Å². The van der Waals surface area contributed by atoms with Gasteiger partial charge in [0, 0.05) is 67.2 Å². The van der Waals surface area contributed by atoms with Gasteiger partial charge in [0.15, 0.2) is 11.4 Å². The number of esters is 2. The predicted molar refractivity (Wildman–Crippen MR) is 263 cm³/mol. The largest absolute Gasteiger partial charge is 0.509 e. The second-order valence-electron chi connectivity index (χ2n) is 26.4. The van der Waals surface area contributed by atoms with Crippen LogP contribution >= 0.6 is 0 Å². The summed E-state index contributed by atoms with van der Waals surface area (Å²) < 4.78 is 14.7. The number of aliphatic hydroxyl groups is 1. The molecule has 0 radical (unpaired) electrons. The molecule has 4 saturated carbocycles. The summed E-state index contributed by atoms with van der Waals surface area (Å²) in [7, 11) is 0. The molecule has 9 heterocycles. The summed E-state index contributed by atoms with van der Waals surface area (Å²) in [4.78, 5) is 37.7. The van der Waals surface area contributed by atoms with Crippen molar-refractivity contribution in [2.24, 2.45) is 87.1 Å². The number of carbonyl (C=O) groups excluding carboxylic acids is 2. The third-order valence-electron chi connectivity index (χ3n) is 24.1. The Kier molecular flexibility index (Phi) is 8.84. The van der Waals surface area contributed by atoms with Gasteiger partial charge < -0.3 is 25.2 Å². The highest BCUT2D eigenvalue weighted by molar-refractivity contribution is 6.00. The molecule has 0 aromatic heterocycles. The Hall–Kier alpha value is -3.62. The van der Waals surface area contributed by atoms with Gasteiger partial charge in [0.2, 0.25) is 0 Å². The average Bonchev–Trinajstić information content (AvgIpc) is 4.22.